The monoisotopic (exact) mass is 265 g/mol. The van der Waals surface area contributed by atoms with Gasteiger partial charge in [0.05, 0.1) is 11.5 Å². The van der Waals surface area contributed by atoms with Crippen molar-refractivity contribution in [2.75, 3.05) is 19.6 Å². The molecule has 0 atom stereocenters. The molecule has 19 heavy (non-hydrogen) atoms. The van der Waals surface area contributed by atoms with Crippen molar-refractivity contribution in [2.24, 2.45) is 0 Å². The summed E-state index contributed by atoms with van der Waals surface area (Å²) in [5.41, 5.74) is 0.987. The Morgan fingerprint density at radius 2 is 1.84 bits per heavy atom. The molecule has 104 valence electrons. The van der Waals surface area contributed by atoms with E-state index in [4.69, 9.17) is 0 Å². The third kappa shape index (κ3) is 4.67. The molecular weight excluding hydrogens is 246 g/mol. The van der Waals surface area contributed by atoms with Gasteiger partial charge < -0.3 is 10.2 Å². The van der Waals surface area contributed by atoms with Crippen LogP contribution in [0.5, 0.6) is 0 Å². The Kier molecular flexibility index (Phi) is 5.95. The fourth-order valence-electron chi connectivity index (χ4n) is 1.74. The Morgan fingerprint density at radius 1 is 1.26 bits per heavy atom. The number of nitro groups is 1. The molecule has 0 unspecified atom stereocenters. The number of nitrogens with zero attached hydrogens (tertiary/aromatic N) is 2. The van der Waals surface area contributed by atoms with E-state index in [-0.39, 0.29) is 18.1 Å². The number of carbonyl (C=O) groups is 1. The lowest BCUT2D eigenvalue weighted by Crippen LogP contribution is -2.37. The zero-order valence-electron chi connectivity index (χ0n) is 11.3. The first-order valence-electron chi connectivity index (χ1n) is 6.30. The van der Waals surface area contributed by atoms with Gasteiger partial charge >= 0.3 is 0 Å². The number of benzene rings is 1. The van der Waals surface area contributed by atoms with E-state index in [9.17, 15) is 14.9 Å². The van der Waals surface area contributed by atoms with Crippen molar-refractivity contribution in [3.05, 3.63) is 39.9 Å². The highest BCUT2D eigenvalue weighted by molar-refractivity contribution is 5.78. The van der Waals surface area contributed by atoms with Gasteiger partial charge in [0.15, 0.2) is 0 Å². The average molecular weight is 265 g/mol. The molecule has 1 N–H and O–H groups in total. The lowest BCUT2D eigenvalue weighted by Gasteiger charge is -2.18. The van der Waals surface area contributed by atoms with Gasteiger partial charge in [-0.25, -0.2) is 0 Å². The fraction of sp³-hybridized carbons (Fsp3) is 0.462. The van der Waals surface area contributed by atoms with E-state index in [0.717, 1.165) is 5.56 Å². The molecule has 1 amide bonds. The molecule has 6 heteroatoms. The third-order valence-corrected chi connectivity index (χ3v) is 2.87. The van der Waals surface area contributed by atoms with Crippen LogP contribution in [-0.4, -0.2) is 35.4 Å². The molecule has 0 bridgehead atoms. The van der Waals surface area contributed by atoms with Crippen molar-refractivity contribution in [3.8, 4) is 0 Å². The van der Waals surface area contributed by atoms with Crippen LogP contribution in [0.1, 0.15) is 19.4 Å². The molecule has 0 heterocycles. The van der Waals surface area contributed by atoms with E-state index in [1.165, 1.54) is 12.1 Å². The second kappa shape index (κ2) is 7.48. The van der Waals surface area contributed by atoms with Crippen LogP contribution in [0.25, 0.3) is 0 Å². The van der Waals surface area contributed by atoms with Crippen molar-refractivity contribution in [3.63, 3.8) is 0 Å². The zero-order chi connectivity index (χ0) is 14.3. The smallest absolute Gasteiger partial charge is 0.269 e. The van der Waals surface area contributed by atoms with E-state index in [0.29, 0.717) is 19.6 Å². The zero-order valence-corrected chi connectivity index (χ0v) is 11.3. The molecule has 1 aromatic carbocycles. The van der Waals surface area contributed by atoms with Crippen LogP contribution in [0.2, 0.25) is 0 Å². The van der Waals surface area contributed by atoms with Crippen molar-refractivity contribution in [2.45, 2.75) is 20.4 Å². The SMILES string of the molecule is CCN(CC)C(=O)CNCc1ccc([N+](=O)[O-])cc1. The van der Waals surface area contributed by atoms with E-state index >= 15 is 0 Å². The predicted molar refractivity (Wildman–Crippen MR) is 72.7 cm³/mol. The summed E-state index contributed by atoms with van der Waals surface area (Å²) < 4.78 is 0. The summed E-state index contributed by atoms with van der Waals surface area (Å²) >= 11 is 0. The van der Waals surface area contributed by atoms with Gasteiger partial charge in [0.1, 0.15) is 0 Å². The minimum absolute atomic E-state index is 0.0620. The first-order chi connectivity index (χ1) is 9.08. The summed E-state index contributed by atoms with van der Waals surface area (Å²) in [5.74, 6) is 0.0620. The number of nitro benzene ring substituents is 1. The summed E-state index contributed by atoms with van der Waals surface area (Å²) in [7, 11) is 0. The maximum Gasteiger partial charge on any atom is 0.269 e. The van der Waals surface area contributed by atoms with Crippen LogP contribution in [0.15, 0.2) is 24.3 Å². The highest BCUT2D eigenvalue weighted by Crippen LogP contribution is 2.11. The molecule has 0 aliphatic carbocycles. The second-order valence-electron chi connectivity index (χ2n) is 4.09. The summed E-state index contributed by atoms with van der Waals surface area (Å²) in [6, 6.07) is 6.30. The van der Waals surface area contributed by atoms with Crippen molar-refractivity contribution in [1.29, 1.82) is 0 Å². The quantitative estimate of drug-likeness (QED) is 0.599. The molecule has 0 aliphatic heterocycles. The van der Waals surface area contributed by atoms with Gasteiger partial charge in [-0.3, -0.25) is 14.9 Å². The number of carbonyl (C=O) groups excluding carboxylic acids is 1. The fourth-order valence-corrected chi connectivity index (χ4v) is 1.74. The van der Waals surface area contributed by atoms with E-state index in [1.807, 2.05) is 13.8 Å². The molecule has 0 aromatic heterocycles. The summed E-state index contributed by atoms with van der Waals surface area (Å²) in [5, 5.41) is 13.5. The number of amides is 1. The largest absolute Gasteiger partial charge is 0.342 e. The van der Waals surface area contributed by atoms with E-state index < -0.39 is 4.92 Å². The van der Waals surface area contributed by atoms with Gasteiger partial charge in [-0.1, -0.05) is 12.1 Å². The number of nitrogens with one attached hydrogen (secondary N) is 1. The van der Waals surface area contributed by atoms with Crippen LogP contribution < -0.4 is 5.32 Å². The molecule has 0 aliphatic rings. The minimum Gasteiger partial charge on any atom is -0.342 e. The van der Waals surface area contributed by atoms with Gasteiger partial charge in [0, 0.05) is 31.8 Å². The molecular formula is C13H19N3O3. The minimum atomic E-state index is -0.429. The van der Waals surface area contributed by atoms with Crippen molar-refractivity contribution < 1.29 is 9.72 Å². The van der Waals surface area contributed by atoms with Crippen LogP contribution in [0.4, 0.5) is 5.69 Å². The van der Waals surface area contributed by atoms with Crippen LogP contribution in [0, 0.1) is 10.1 Å². The first-order valence-corrected chi connectivity index (χ1v) is 6.30. The molecule has 0 fully saturated rings. The van der Waals surface area contributed by atoms with Crippen LogP contribution >= 0.6 is 0 Å². The maximum absolute atomic E-state index is 11.7. The van der Waals surface area contributed by atoms with Crippen LogP contribution in [-0.2, 0) is 11.3 Å². The van der Waals surface area contributed by atoms with Crippen LogP contribution in [0.3, 0.4) is 0 Å². The van der Waals surface area contributed by atoms with Gasteiger partial charge in [-0.15, -0.1) is 0 Å². The Bertz CT molecular complexity index is 427. The predicted octanol–water partition coefficient (Wildman–Crippen LogP) is 1.55. The highest BCUT2D eigenvalue weighted by Gasteiger charge is 2.08. The lowest BCUT2D eigenvalue weighted by molar-refractivity contribution is -0.384. The number of rotatable bonds is 7. The molecule has 1 rings (SSSR count). The van der Waals surface area contributed by atoms with Gasteiger partial charge in [0.25, 0.3) is 5.69 Å². The Hall–Kier alpha value is -1.95. The van der Waals surface area contributed by atoms with E-state index in [2.05, 4.69) is 5.32 Å². The first kappa shape index (κ1) is 15.1. The van der Waals surface area contributed by atoms with Crippen molar-refractivity contribution in [1.82, 2.24) is 10.2 Å². The lowest BCUT2D eigenvalue weighted by atomic mass is 10.2. The Balaban J connectivity index is 2.41. The molecule has 0 spiro atoms. The van der Waals surface area contributed by atoms with Crippen molar-refractivity contribution >= 4 is 11.6 Å². The normalized spacial score (nSPS) is 10.2. The Labute approximate surface area is 112 Å². The van der Waals surface area contributed by atoms with E-state index in [1.54, 1.807) is 17.0 Å². The highest BCUT2D eigenvalue weighted by atomic mass is 16.6. The molecule has 0 saturated heterocycles. The maximum atomic E-state index is 11.7. The molecule has 1 aromatic rings. The molecule has 6 nitrogen and oxygen atoms in total. The number of non-ortho nitro benzene ring substituents is 1. The topological polar surface area (TPSA) is 75.5 Å². The standard InChI is InChI=1S/C13H19N3O3/c1-3-15(4-2)13(17)10-14-9-11-5-7-12(8-6-11)16(18)19/h5-8,14H,3-4,9-10H2,1-2H3. The van der Waals surface area contributed by atoms with Gasteiger partial charge in [0.2, 0.25) is 5.91 Å². The number of hydrogen-bond donors (Lipinski definition) is 1. The number of hydrogen-bond acceptors (Lipinski definition) is 4. The summed E-state index contributed by atoms with van der Waals surface area (Å²) in [6.07, 6.45) is 0. The Morgan fingerprint density at radius 3 is 2.32 bits per heavy atom. The summed E-state index contributed by atoms with van der Waals surface area (Å²) in [4.78, 5) is 23.5. The average Bonchev–Trinajstić information content (AvgIpc) is 2.40. The van der Waals surface area contributed by atoms with Gasteiger partial charge in [-0.2, -0.15) is 0 Å². The number of likely N-dealkylation sites (N-methyl/N-ethyl adjacent to an activating group) is 1. The summed E-state index contributed by atoms with van der Waals surface area (Å²) in [6.45, 7) is 6.09. The third-order valence-electron chi connectivity index (χ3n) is 2.87. The van der Waals surface area contributed by atoms with Gasteiger partial charge in [-0.05, 0) is 19.4 Å². The molecule has 0 radical (unpaired) electrons. The second-order valence-corrected chi connectivity index (χ2v) is 4.09. The molecule has 0 saturated carbocycles.